The fourth-order valence-electron chi connectivity index (χ4n) is 2.60. The van der Waals surface area contributed by atoms with Crippen molar-refractivity contribution in [1.29, 1.82) is 0 Å². The molecule has 0 bridgehead atoms. The van der Waals surface area contributed by atoms with E-state index in [-0.39, 0.29) is 24.2 Å². The molecule has 1 N–H and O–H groups in total. The lowest BCUT2D eigenvalue weighted by Crippen LogP contribution is -2.22. The highest BCUT2D eigenvalue weighted by atomic mass is 16.6. The molecule has 0 atom stereocenters. The van der Waals surface area contributed by atoms with Crippen LogP contribution in [0.25, 0.3) is 11.1 Å². The van der Waals surface area contributed by atoms with E-state index >= 15 is 0 Å². The Balaban J connectivity index is 1.50. The minimum atomic E-state index is -0.660. The highest BCUT2D eigenvalue weighted by Crippen LogP contribution is 2.27. The number of hydrogen-bond donors (Lipinski definition) is 1. The SMILES string of the molecule is Cc1cccc([N+](=O)[O-])c1NC(=O)COC(=O)CCc1nc2ccccc2o1. The van der Waals surface area contributed by atoms with E-state index in [4.69, 9.17) is 9.15 Å². The van der Waals surface area contributed by atoms with Gasteiger partial charge < -0.3 is 14.5 Å². The zero-order valence-electron chi connectivity index (χ0n) is 15.0. The number of nitro benzene ring substituents is 1. The van der Waals surface area contributed by atoms with Crippen LogP contribution in [-0.4, -0.2) is 28.4 Å². The second kappa shape index (κ2) is 8.30. The first-order valence-electron chi connectivity index (χ1n) is 8.48. The van der Waals surface area contributed by atoms with Gasteiger partial charge in [0.1, 0.15) is 11.2 Å². The largest absolute Gasteiger partial charge is 0.456 e. The van der Waals surface area contributed by atoms with Gasteiger partial charge in [-0.15, -0.1) is 0 Å². The van der Waals surface area contributed by atoms with Crippen LogP contribution in [0.15, 0.2) is 46.9 Å². The van der Waals surface area contributed by atoms with E-state index in [1.165, 1.54) is 12.1 Å². The minimum Gasteiger partial charge on any atom is -0.456 e. The molecule has 0 spiro atoms. The molecule has 144 valence electrons. The van der Waals surface area contributed by atoms with E-state index in [1.54, 1.807) is 25.1 Å². The summed E-state index contributed by atoms with van der Waals surface area (Å²) in [5, 5.41) is 13.5. The molecular weight excluding hydrogens is 366 g/mol. The second-order valence-corrected chi connectivity index (χ2v) is 6.01. The summed E-state index contributed by atoms with van der Waals surface area (Å²) in [6.45, 7) is 1.09. The zero-order valence-corrected chi connectivity index (χ0v) is 15.0. The van der Waals surface area contributed by atoms with E-state index in [0.717, 1.165) is 0 Å². The van der Waals surface area contributed by atoms with E-state index in [2.05, 4.69) is 10.3 Å². The first kappa shape index (κ1) is 19.0. The van der Waals surface area contributed by atoms with Gasteiger partial charge in [0.25, 0.3) is 11.6 Å². The molecule has 3 aromatic rings. The third-order valence-electron chi connectivity index (χ3n) is 3.96. The number of nitrogens with zero attached hydrogens (tertiary/aromatic N) is 2. The number of carbonyl (C=O) groups excluding carboxylic acids is 2. The number of amides is 1. The molecule has 0 fully saturated rings. The summed E-state index contributed by atoms with van der Waals surface area (Å²) in [4.78, 5) is 38.6. The maximum absolute atomic E-state index is 12.0. The van der Waals surface area contributed by atoms with Crippen molar-refractivity contribution < 1.29 is 23.7 Å². The molecule has 1 aromatic heterocycles. The maximum atomic E-state index is 12.0. The van der Waals surface area contributed by atoms with Crippen LogP contribution in [0.1, 0.15) is 17.9 Å². The molecular formula is C19H17N3O6. The van der Waals surface area contributed by atoms with Crippen LogP contribution in [0, 0.1) is 17.0 Å². The predicted octanol–water partition coefficient (Wildman–Crippen LogP) is 3.16. The van der Waals surface area contributed by atoms with Gasteiger partial charge in [0.2, 0.25) is 0 Å². The number of para-hydroxylation sites is 3. The number of rotatable bonds is 7. The Hall–Kier alpha value is -3.75. The summed E-state index contributed by atoms with van der Waals surface area (Å²) in [6, 6.07) is 11.7. The topological polar surface area (TPSA) is 125 Å². The number of hydrogen-bond acceptors (Lipinski definition) is 7. The van der Waals surface area contributed by atoms with Crippen molar-refractivity contribution in [2.75, 3.05) is 11.9 Å². The molecule has 0 saturated carbocycles. The quantitative estimate of drug-likeness (QED) is 0.377. The number of nitro groups is 1. The van der Waals surface area contributed by atoms with Gasteiger partial charge in [-0.1, -0.05) is 24.3 Å². The maximum Gasteiger partial charge on any atom is 0.306 e. The predicted molar refractivity (Wildman–Crippen MR) is 99.8 cm³/mol. The zero-order chi connectivity index (χ0) is 20.1. The fourth-order valence-corrected chi connectivity index (χ4v) is 2.60. The first-order chi connectivity index (χ1) is 13.4. The normalized spacial score (nSPS) is 10.6. The fraction of sp³-hybridized carbons (Fsp3) is 0.211. The number of aryl methyl sites for hydroxylation is 2. The Kier molecular flexibility index (Phi) is 5.64. The van der Waals surface area contributed by atoms with Crippen LogP contribution in [0.4, 0.5) is 11.4 Å². The molecule has 9 nitrogen and oxygen atoms in total. The molecule has 1 amide bonds. The lowest BCUT2D eigenvalue weighted by atomic mass is 10.1. The van der Waals surface area contributed by atoms with Crippen molar-refractivity contribution in [2.24, 2.45) is 0 Å². The van der Waals surface area contributed by atoms with Crippen LogP contribution in [0.2, 0.25) is 0 Å². The Labute approximate surface area is 159 Å². The summed E-state index contributed by atoms with van der Waals surface area (Å²) >= 11 is 0. The Morgan fingerprint density at radius 2 is 2.00 bits per heavy atom. The van der Waals surface area contributed by atoms with Gasteiger partial charge in [0, 0.05) is 12.5 Å². The van der Waals surface area contributed by atoms with Crippen molar-refractivity contribution in [3.05, 3.63) is 64.0 Å². The Bertz CT molecular complexity index is 1010. The molecule has 9 heteroatoms. The minimum absolute atomic E-state index is 0.00931. The van der Waals surface area contributed by atoms with Gasteiger partial charge in [-0.3, -0.25) is 19.7 Å². The van der Waals surface area contributed by atoms with Gasteiger partial charge in [-0.2, -0.15) is 0 Å². The summed E-state index contributed by atoms with van der Waals surface area (Å²) in [5.74, 6) is -0.859. The average molecular weight is 383 g/mol. The van der Waals surface area contributed by atoms with E-state index in [1.807, 2.05) is 12.1 Å². The molecule has 0 radical (unpaired) electrons. The van der Waals surface area contributed by atoms with Crippen LogP contribution in [0.3, 0.4) is 0 Å². The molecule has 0 unspecified atom stereocenters. The van der Waals surface area contributed by atoms with Gasteiger partial charge >= 0.3 is 5.97 Å². The standard InChI is InChI=1S/C19H17N3O6/c1-12-5-4-7-14(22(25)26)19(12)21-16(23)11-27-18(24)10-9-17-20-13-6-2-3-8-15(13)28-17/h2-8H,9-11H2,1H3,(H,21,23). The van der Waals surface area contributed by atoms with Crippen molar-refractivity contribution in [2.45, 2.75) is 19.8 Å². The molecule has 0 aliphatic rings. The molecule has 0 saturated heterocycles. The lowest BCUT2D eigenvalue weighted by Gasteiger charge is -2.09. The highest BCUT2D eigenvalue weighted by Gasteiger charge is 2.18. The van der Waals surface area contributed by atoms with Crippen LogP contribution < -0.4 is 5.32 Å². The van der Waals surface area contributed by atoms with E-state index in [9.17, 15) is 19.7 Å². The Morgan fingerprint density at radius 3 is 2.75 bits per heavy atom. The molecule has 28 heavy (non-hydrogen) atoms. The van der Waals surface area contributed by atoms with E-state index in [0.29, 0.717) is 22.6 Å². The van der Waals surface area contributed by atoms with Crippen LogP contribution in [-0.2, 0) is 20.7 Å². The van der Waals surface area contributed by atoms with Crippen molar-refractivity contribution in [3.8, 4) is 0 Å². The number of benzene rings is 2. The monoisotopic (exact) mass is 383 g/mol. The third-order valence-corrected chi connectivity index (χ3v) is 3.96. The van der Waals surface area contributed by atoms with Crippen LogP contribution in [0.5, 0.6) is 0 Å². The van der Waals surface area contributed by atoms with Crippen molar-refractivity contribution in [3.63, 3.8) is 0 Å². The number of aromatic nitrogens is 1. The average Bonchev–Trinajstić information content (AvgIpc) is 3.09. The number of ether oxygens (including phenoxy) is 1. The second-order valence-electron chi connectivity index (χ2n) is 6.01. The number of fused-ring (bicyclic) bond motifs is 1. The number of carbonyl (C=O) groups is 2. The van der Waals surface area contributed by atoms with E-state index < -0.39 is 23.4 Å². The Morgan fingerprint density at radius 1 is 1.21 bits per heavy atom. The number of oxazole rings is 1. The summed E-state index contributed by atoms with van der Waals surface area (Å²) < 4.78 is 10.4. The smallest absolute Gasteiger partial charge is 0.306 e. The number of anilines is 1. The van der Waals surface area contributed by atoms with Crippen LogP contribution >= 0.6 is 0 Å². The molecule has 2 aromatic carbocycles. The molecule has 0 aliphatic heterocycles. The van der Waals surface area contributed by atoms with Gasteiger partial charge in [0.15, 0.2) is 18.1 Å². The highest BCUT2D eigenvalue weighted by molar-refractivity contribution is 5.95. The lowest BCUT2D eigenvalue weighted by molar-refractivity contribution is -0.384. The van der Waals surface area contributed by atoms with Gasteiger partial charge in [-0.25, -0.2) is 4.98 Å². The van der Waals surface area contributed by atoms with Gasteiger partial charge in [0.05, 0.1) is 11.3 Å². The van der Waals surface area contributed by atoms with Crippen molar-refractivity contribution >= 4 is 34.4 Å². The van der Waals surface area contributed by atoms with Gasteiger partial charge in [-0.05, 0) is 24.6 Å². The molecule has 1 heterocycles. The summed E-state index contributed by atoms with van der Waals surface area (Å²) in [6.07, 6.45) is 0.225. The third kappa shape index (κ3) is 4.50. The summed E-state index contributed by atoms with van der Waals surface area (Å²) in [7, 11) is 0. The first-order valence-corrected chi connectivity index (χ1v) is 8.48. The molecule has 3 rings (SSSR count). The molecule has 0 aliphatic carbocycles. The number of esters is 1. The summed E-state index contributed by atoms with van der Waals surface area (Å²) in [5.41, 5.74) is 1.72. The number of nitrogens with one attached hydrogen (secondary N) is 1. The van der Waals surface area contributed by atoms with Crippen molar-refractivity contribution in [1.82, 2.24) is 4.98 Å².